The van der Waals surface area contributed by atoms with Crippen LogP contribution in [0.3, 0.4) is 0 Å². The fraction of sp³-hybridized carbons (Fsp3) is 0.182. The van der Waals surface area contributed by atoms with Crippen LogP contribution in [0.15, 0.2) is 16.5 Å². The van der Waals surface area contributed by atoms with Crippen LogP contribution in [-0.2, 0) is 11.0 Å². The fourth-order valence-corrected chi connectivity index (χ4v) is 4.73. The average molecular weight is 232 g/mol. The molecular weight excluding hydrogens is 223 g/mol. The minimum atomic E-state index is -2.15. The molecule has 3 aliphatic heterocycles. The number of aromatic nitrogens is 1. The lowest BCUT2D eigenvalue weighted by Crippen LogP contribution is -2.01. The van der Waals surface area contributed by atoms with Crippen LogP contribution in [0.5, 0.6) is 0 Å². The number of furan rings is 1. The van der Waals surface area contributed by atoms with E-state index < -0.39 is 7.14 Å². The van der Waals surface area contributed by atoms with Crippen LogP contribution in [0.2, 0.25) is 0 Å². The van der Waals surface area contributed by atoms with Crippen molar-refractivity contribution in [3.05, 3.63) is 17.7 Å². The van der Waals surface area contributed by atoms with Crippen LogP contribution in [-0.4, -0.2) is 4.98 Å². The predicted octanol–water partition coefficient (Wildman–Crippen LogP) is 0.752. The SMILES string of the molecule is CCc1ccc(N)nc1-c1oc2c3c1P23=O. The molecule has 1 unspecified atom stereocenters. The van der Waals surface area contributed by atoms with E-state index in [1.807, 2.05) is 6.07 Å². The topological polar surface area (TPSA) is 69.1 Å². The fourth-order valence-electron chi connectivity index (χ4n) is 2.25. The maximum absolute atomic E-state index is 11.9. The number of fused-ring (bicyclic) bond motifs is 1. The number of rotatable bonds is 2. The van der Waals surface area contributed by atoms with Gasteiger partial charge in [-0.05, 0) is 18.1 Å². The molecule has 4 nitrogen and oxygen atoms in total. The molecule has 0 spiro atoms. The summed E-state index contributed by atoms with van der Waals surface area (Å²) in [7, 11) is -2.15. The van der Waals surface area contributed by atoms with Gasteiger partial charge in [-0.15, -0.1) is 0 Å². The number of aryl methyl sites for hydroxylation is 1. The molecule has 2 aromatic heterocycles. The Morgan fingerprint density at radius 1 is 1.44 bits per heavy atom. The maximum Gasteiger partial charge on any atom is 0.214 e. The normalized spacial score (nSPS) is 23.1. The van der Waals surface area contributed by atoms with Gasteiger partial charge in [-0.1, -0.05) is 13.0 Å². The van der Waals surface area contributed by atoms with Crippen molar-refractivity contribution < 1.29 is 8.98 Å². The number of hydrogen-bond acceptors (Lipinski definition) is 4. The van der Waals surface area contributed by atoms with Gasteiger partial charge in [0, 0.05) is 0 Å². The van der Waals surface area contributed by atoms with Gasteiger partial charge in [0.25, 0.3) is 0 Å². The summed E-state index contributed by atoms with van der Waals surface area (Å²) in [6, 6.07) is 3.73. The average Bonchev–Trinajstić information content (AvgIpc) is 2.91. The predicted molar refractivity (Wildman–Crippen MR) is 62.2 cm³/mol. The van der Waals surface area contributed by atoms with E-state index in [2.05, 4.69) is 11.9 Å². The van der Waals surface area contributed by atoms with Crippen molar-refractivity contribution in [2.45, 2.75) is 13.3 Å². The molecule has 16 heavy (non-hydrogen) atoms. The Morgan fingerprint density at radius 3 is 2.75 bits per heavy atom. The monoisotopic (exact) mass is 232 g/mol. The molecule has 0 fully saturated rings. The zero-order valence-corrected chi connectivity index (χ0v) is 9.54. The van der Waals surface area contributed by atoms with Gasteiger partial charge >= 0.3 is 0 Å². The maximum atomic E-state index is 11.9. The molecule has 80 valence electrons. The number of pyridine rings is 1. The minimum absolute atomic E-state index is 0.469. The van der Waals surface area contributed by atoms with Crippen molar-refractivity contribution in [2.24, 2.45) is 0 Å². The van der Waals surface area contributed by atoms with Crippen molar-refractivity contribution >= 4 is 29.1 Å². The zero-order chi connectivity index (χ0) is 11.1. The highest BCUT2D eigenvalue weighted by Gasteiger charge is 2.74. The van der Waals surface area contributed by atoms with Gasteiger partial charge < -0.3 is 14.7 Å². The second kappa shape index (κ2) is 2.25. The van der Waals surface area contributed by atoms with E-state index in [1.165, 1.54) is 0 Å². The lowest BCUT2D eigenvalue weighted by molar-refractivity contribution is 0.590. The Balaban J connectivity index is 1.96. The first kappa shape index (κ1) is 8.59. The molecule has 1 atom stereocenters. The summed E-state index contributed by atoms with van der Waals surface area (Å²) in [5, 5.41) is 1.88. The van der Waals surface area contributed by atoms with Gasteiger partial charge in [0.15, 0.2) is 11.3 Å². The molecule has 0 aliphatic carbocycles. The first-order chi connectivity index (χ1) is 7.67. The summed E-state index contributed by atoms with van der Waals surface area (Å²) < 4.78 is 17.4. The van der Waals surface area contributed by atoms with Crippen LogP contribution >= 0.6 is 7.14 Å². The van der Waals surface area contributed by atoms with E-state index in [-0.39, 0.29) is 0 Å². The Hall–Kier alpha value is -1.54. The van der Waals surface area contributed by atoms with Crippen LogP contribution in [0.4, 0.5) is 5.82 Å². The molecule has 5 rings (SSSR count). The summed E-state index contributed by atoms with van der Waals surface area (Å²) in [6.07, 6.45) is 0.859. The third-order valence-corrected chi connectivity index (χ3v) is 5.81. The number of nitrogens with zero attached hydrogens (tertiary/aromatic N) is 1. The molecule has 3 aliphatic rings. The molecule has 2 N–H and O–H groups in total. The van der Waals surface area contributed by atoms with Crippen molar-refractivity contribution in [1.82, 2.24) is 4.98 Å². The van der Waals surface area contributed by atoms with Gasteiger partial charge in [0.05, 0.1) is 10.6 Å². The van der Waals surface area contributed by atoms with E-state index in [9.17, 15) is 4.57 Å². The molecule has 2 bridgehead atoms. The van der Waals surface area contributed by atoms with E-state index in [0.29, 0.717) is 17.1 Å². The molecule has 2 aromatic rings. The van der Waals surface area contributed by atoms with Crippen LogP contribution < -0.4 is 21.8 Å². The van der Waals surface area contributed by atoms with E-state index in [1.54, 1.807) is 6.07 Å². The van der Waals surface area contributed by atoms with E-state index in [4.69, 9.17) is 10.2 Å². The summed E-state index contributed by atoms with van der Waals surface area (Å²) in [6.45, 7) is 2.05. The van der Waals surface area contributed by atoms with Crippen LogP contribution in [0.1, 0.15) is 12.5 Å². The first-order valence-electron chi connectivity index (χ1n) is 5.22. The Kier molecular flexibility index (Phi) is 1.21. The Bertz CT molecular complexity index is 693. The number of hydrogen-bond donors (Lipinski definition) is 1. The molecule has 0 saturated heterocycles. The van der Waals surface area contributed by atoms with Crippen molar-refractivity contribution in [1.29, 1.82) is 0 Å². The van der Waals surface area contributed by atoms with Crippen LogP contribution in [0, 0.1) is 0 Å². The molecule has 5 heterocycles. The lowest BCUT2D eigenvalue weighted by Gasteiger charge is -2.04. The third kappa shape index (κ3) is 0.726. The highest BCUT2D eigenvalue weighted by molar-refractivity contribution is 8.06. The van der Waals surface area contributed by atoms with Gasteiger partial charge in [0.2, 0.25) is 7.14 Å². The summed E-state index contributed by atoms with van der Waals surface area (Å²) in [5.74, 6) is 1.16. The molecule has 5 heteroatoms. The van der Waals surface area contributed by atoms with Crippen LogP contribution in [0.25, 0.3) is 11.5 Å². The Labute approximate surface area is 91.9 Å². The quantitative estimate of drug-likeness (QED) is 0.518. The largest absolute Gasteiger partial charge is 0.449 e. The Morgan fingerprint density at radius 2 is 2.19 bits per heavy atom. The highest BCUT2D eigenvalue weighted by atomic mass is 31.2. The van der Waals surface area contributed by atoms with Gasteiger partial charge in [-0.2, -0.15) is 0 Å². The van der Waals surface area contributed by atoms with Crippen molar-refractivity contribution in [2.75, 3.05) is 5.73 Å². The molecule has 0 amide bonds. The molecular formula is C11H9N2O2P. The minimum Gasteiger partial charge on any atom is -0.449 e. The van der Waals surface area contributed by atoms with Crippen molar-refractivity contribution in [3.8, 4) is 11.5 Å². The summed E-state index contributed by atoms with van der Waals surface area (Å²) >= 11 is 0. The third-order valence-electron chi connectivity index (χ3n) is 3.25. The standard InChI is InChI=1S/C11H9N2O2P/c1-2-5-3-4-6(12)13-7(5)8-9-10-11(15-8)16(9,10)14/h3-4H,2H2,1H3,(H2,12,13). The van der Waals surface area contributed by atoms with Gasteiger partial charge in [0.1, 0.15) is 11.5 Å². The lowest BCUT2D eigenvalue weighted by atomic mass is 10.1. The first-order valence-corrected chi connectivity index (χ1v) is 6.93. The molecule has 0 saturated carbocycles. The number of nitrogen functional groups attached to an aromatic ring is 1. The summed E-state index contributed by atoms with van der Waals surface area (Å²) in [5.41, 5.74) is 8.23. The van der Waals surface area contributed by atoms with Crippen molar-refractivity contribution in [3.63, 3.8) is 0 Å². The number of anilines is 1. The highest BCUT2D eigenvalue weighted by Crippen LogP contribution is 2.70. The van der Waals surface area contributed by atoms with Gasteiger partial charge in [-0.25, -0.2) is 4.98 Å². The van der Waals surface area contributed by atoms with Gasteiger partial charge in [-0.3, -0.25) is 0 Å². The smallest absolute Gasteiger partial charge is 0.214 e. The molecule has 0 radical (unpaired) electrons. The molecule has 0 aromatic carbocycles. The summed E-state index contributed by atoms with van der Waals surface area (Å²) in [4.78, 5) is 4.29. The zero-order valence-electron chi connectivity index (χ0n) is 8.65. The second-order valence-corrected chi connectivity index (χ2v) is 6.66. The van der Waals surface area contributed by atoms with E-state index in [0.717, 1.165) is 28.3 Å². The number of nitrogens with two attached hydrogens (primary N) is 1. The van der Waals surface area contributed by atoms with E-state index >= 15 is 0 Å². The second-order valence-electron chi connectivity index (χ2n) is 4.14.